The molecule has 5 aliphatic carbocycles. The molecule has 0 aromatic carbocycles. The summed E-state index contributed by atoms with van der Waals surface area (Å²) in [5, 5.41) is 153. The van der Waals surface area contributed by atoms with Gasteiger partial charge in [-0.25, -0.2) is 4.79 Å². The Bertz CT molecular complexity index is 2230. The normalized spacial score (nSPS) is 53.3. The van der Waals surface area contributed by atoms with E-state index in [4.69, 9.17) is 37.9 Å². The number of aliphatic hydroxyl groups is 13. The van der Waals surface area contributed by atoms with Gasteiger partial charge in [0.2, 0.25) is 0 Å². The Morgan fingerprint density at radius 3 is 1.76 bits per heavy atom. The van der Waals surface area contributed by atoms with Gasteiger partial charge in [0.05, 0.1) is 38.6 Å². The molecule has 0 aromatic rings. The van der Waals surface area contributed by atoms with Crippen LogP contribution >= 0.6 is 0 Å². The number of hydrogen-bond acceptors (Lipinski definition) is 23. The van der Waals surface area contributed by atoms with Crippen molar-refractivity contribution < 1.29 is 119 Å². The van der Waals surface area contributed by atoms with Gasteiger partial charge < -0.3 is 109 Å². The predicted octanol–water partition coefficient (Wildman–Crippen LogP) is -2.04. The van der Waals surface area contributed by atoms with Crippen LogP contribution in [-0.4, -0.2) is 239 Å². The summed E-state index contributed by atoms with van der Waals surface area (Å²) >= 11 is 0. The molecule has 0 aromatic heterocycles. The highest BCUT2D eigenvalue weighted by Gasteiger charge is 2.72. The van der Waals surface area contributed by atoms with E-state index in [-0.39, 0.29) is 46.4 Å². The molecule has 0 spiro atoms. The van der Waals surface area contributed by atoms with Crippen LogP contribution in [0.15, 0.2) is 11.6 Å². The maximum atomic E-state index is 13.4. The van der Waals surface area contributed by atoms with Gasteiger partial charge in [-0.15, -0.1) is 0 Å². The molecule has 9 rings (SSSR count). The average Bonchev–Trinajstić information content (AvgIpc) is 2.50. The van der Waals surface area contributed by atoms with Gasteiger partial charge in [0.15, 0.2) is 31.3 Å². The predicted molar refractivity (Wildman–Crippen MR) is 268 cm³/mol. The van der Waals surface area contributed by atoms with Crippen molar-refractivity contribution in [2.75, 3.05) is 26.4 Å². The van der Waals surface area contributed by atoms with E-state index in [1.807, 2.05) is 0 Å². The van der Waals surface area contributed by atoms with E-state index in [0.717, 1.165) is 6.42 Å². The highest BCUT2D eigenvalue weighted by molar-refractivity contribution is 5.80. The highest BCUT2D eigenvalue weighted by atomic mass is 16.8. The molecule has 8 fully saturated rings. The largest absolute Gasteiger partial charge is 0.479 e. The smallest absolute Gasteiger partial charge is 0.335 e. The second-order valence-electron chi connectivity index (χ2n) is 26.8. The van der Waals surface area contributed by atoms with E-state index < -0.39 is 177 Å². The molecule has 9 aliphatic rings. The number of carbonyl (C=O) groups excluding carboxylic acids is 1. The van der Waals surface area contributed by atoms with Crippen LogP contribution in [-0.2, 0) is 47.5 Å². The molecule has 79 heavy (non-hydrogen) atoms. The van der Waals surface area contributed by atoms with Crippen molar-refractivity contribution in [3.8, 4) is 0 Å². The van der Waals surface area contributed by atoms with Crippen LogP contribution in [0.5, 0.6) is 0 Å². The van der Waals surface area contributed by atoms with E-state index in [1.54, 1.807) is 6.92 Å². The molecule has 29 atom stereocenters. The van der Waals surface area contributed by atoms with E-state index in [9.17, 15) is 81.1 Å². The van der Waals surface area contributed by atoms with Crippen molar-refractivity contribution >= 4 is 11.8 Å². The fourth-order valence-corrected chi connectivity index (χ4v) is 17.2. The molecule has 14 N–H and O–H groups in total. The van der Waals surface area contributed by atoms with Crippen LogP contribution in [0, 0.1) is 56.2 Å². The van der Waals surface area contributed by atoms with Gasteiger partial charge in [-0.05, 0) is 103 Å². The lowest BCUT2D eigenvalue weighted by Crippen LogP contribution is -2.69. The molecule has 0 radical (unpaired) electrons. The van der Waals surface area contributed by atoms with Crippen molar-refractivity contribution in [1.29, 1.82) is 0 Å². The maximum Gasteiger partial charge on any atom is 0.335 e. The van der Waals surface area contributed by atoms with Crippen LogP contribution in [0.25, 0.3) is 0 Å². The standard InChI is InChI=1S/C55H88O24/c1-22(59)24-15-50(2,3)16-25-23-9-10-30-52(6)13-12-32(51(4,5)29(52)11-14-53(30,7)54(23,8)17-31(61)55(24,25)21-58)75-49-44(79-47-39(68)37(66)35(64)28(19-57)74-47)41(40(69)42(77-49)45(70)71)76-48-43(33(62)26(60)20-72-48)78-46-38(67)36(65)34(63)27(18-56)73-46/h9,24-44,46-49,56-58,60-69H,10-21H2,1-8H3,(H,70,71)/t24-,25+,26-,27-,28-,29+,30-,31-,32+,33+,34-,35+,36+,37+,38-,39-,40+,41+,42+,43-,44-,46+,47+,48+,49-,52+,53-,54-,55+/m1/s1. The SMILES string of the molecule is CC(=O)[C@H]1CC(C)(C)C[C@H]2C3=CC[C@@H]4[C@@]5(C)CC[C@H](O[C@@H]6O[C@H](C(=O)O)[C@@H](O)[C@H](O[C@@H]7OC[C@@H](O)[C@H](O)[C@H]7O[C@@H]7O[C@H](CO)[C@@H](O)[C@H](O)[C@H]7O)[C@H]6O[C@@H]6O[C@H](CO)[C@H](O)[C@H](O)[C@H]6O)C(C)(C)[C@@H]5CC[C@@]4(C)[C@]3(C)C[C@@H](O)[C@@]12CO. The van der Waals surface area contributed by atoms with Crippen LogP contribution in [0.2, 0.25) is 0 Å². The first-order chi connectivity index (χ1) is 36.9. The number of hydrogen-bond donors (Lipinski definition) is 14. The third-order valence-corrected chi connectivity index (χ3v) is 21.7. The molecule has 24 heteroatoms. The van der Waals surface area contributed by atoms with E-state index in [0.29, 0.717) is 44.9 Å². The Morgan fingerprint density at radius 2 is 1.20 bits per heavy atom. The number of Topliss-reactive ketones (excluding diaryl/α,β-unsaturated/α-hetero) is 1. The summed E-state index contributed by atoms with van der Waals surface area (Å²) in [5.41, 5.74) is -1.94. The third-order valence-electron chi connectivity index (χ3n) is 21.7. The number of fused-ring (bicyclic) bond motifs is 7. The van der Waals surface area contributed by atoms with Crippen molar-refractivity contribution in [2.24, 2.45) is 56.2 Å². The number of carboxylic acids is 1. The van der Waals surface area contributed by atoms with Gasteiger partial charge in [-0.3, -0.25) is 4.79 Å². The van der Waals surface area contributed by atoms with Gasteiger partial charge in [0, 0.05) is 11.3 Å². The molecule has 4 saturated heterocycles. The van der Waals surface area contributed by atoms with Crippen molar-refractivity contribution in [3.63, 3.8) is 0 Å². The lowest BCUT2D eigenvalue weighted by atomic mass is 9.32. The number of rotatable bonds is 13. The Morgan fingerprint density at radius 1 is 0.620 bits per heavy atom. The summed E-state index contributed by atoms with van der Waals surface area (Å²) in [6, 6.07) is 0. The molecule has 452 valence electrons. The number of aliphatic hydroxyl groups excluding tert-OH is 13. The number of ether oxygens (including phenoxy) is 8. The maximum absolute atomic E-state index is 13.4. The fraction of sp³-hybridized carbons (Fsp3) is 0.927. The number of carbonyl (C=O) groups is 2. The molecular formula is C55H88O24. The summed E-state index contributed by atoms with van der Waals surface area (Å²) in [6.45, 7) is 14.2. The number of carboxylic acid groups (broad SMARTS) is 1. The van der Waals surface area contributed by atoms with Crippen molar-refractivity contribution in [2.45, 2.75) is 236 Å². The zero-order valence-corrected chi connectivity index (χ0v) is 46.3. The molecule has 0 bridgehead atoms. The Kier molecular flexibility index (Phi) is 17.3. The molecule has 24 nitrogen and oxygen atoms in total. The second kappa shape index (κ2) is 22.1. The lowest BCUT2D eigenvalue weighted by Gasteiger charge is -2.72. The van der Waals surface area contributed by atoms with Gasteiger partial charge in [0.25, 0.3) is 0 Å². The zero-order valence-electron chi connectivity index (χ0n) is 46.3. The Labute approximate surface area is 459 Å². The van der Waals surface area contributed by atoms with Crippen LogP contribution in [0.3, 0.4) is 0 Å². The minimum atomic E-state index is -2.22. The Balaban J connectivity index is 1.04. The molecule has 4 saturated carbocycles. The third kappa shape index (κ3) is 9.92. The summed E-state index contributed by atoms with van der Waals surface area (Å²) < 4.78 is 48.7. The van der Waals surface area contributed by atoms with Crippen LogP contribution < -0.4 is 0 Å². The van der Waals surface area contributed by atoms with Gasteiger partial charge in [0.1, 0.15) is 91.2 Å². The average molecular weight is 1130 g/mol. The first-order valence-corrected chi connectivity index (χ1v) is 28.2. The summed E-state index contributed by atoms with van der Waals surface area (Å²) in [5.74, 6) is -2.41. The summed E-state index contributed by atoms with van der Waals surface area (Å²) in [4.78, 5) is 26.6. The monoisotopic (exact) mass is 1130 g/mol. The number of aliphatic carboxylic acids is 1. The molecule has 4 heterocycles. The topological polar surface area (TPSA) is 391 Å². The van der Waals surface area contributed by atoms with E-state index in [1.165, 1.54) is 5.57 Å². The van der Waals surface area contributed by atoms with Gasteiger partial charge >= 0.3 is 5.97 Å². The fourth-order valence-electron chi connectivity index (χ4n) is 17.2. The second-order valence-corrected chi connectivity index (χ2v) is 26.8. The minimum absolute atomic E-state index is 0.0283. The number of ketones is 1. The lowest BCUT2D eigenvalue weighted by molar-refractivity contribution is -0.401. The summed E-state index contributed by atoms with van der Waals surface area (Å²) in [7, 11) is 0. The first-order valence-electron chi connectivity index (χ1n) is 28.2. The van der Waals surface area contributed by atoms with Gasteiger partial charge in [-0.1, -0.05) is 60.1 Å². The van der Waals surface area contributed by atoms with Crippen molar-refractivity contribution in [1.82, 2.24) is 0 Å². The quantitative estimate of drug-likeness (QED) is 0.0697. The molecule has 4 aliphatic heterocycles. The van der Waals surface area contributed by atoms with E-state index >= 15 is 0 Å². The van der Waals surface area contributed by atoms with Crippen LogP contribution in [0.4, 0.5) is 0 Å². The first kappa shape index (κ1) is 61.6. The summed E-state index contributed by atoms with van der Waals surface area (Å²) in [6.07, 6.45) is -30.5. The van der Waals surface area contributed by atoms with Gasteiger partial charge in [-0.2, -0.15) is 0 Å². The molecule has 0 unspecified atom stereocenters. The van der Waals surface area contributed by atoms with E-state index in [2.05, 4.69) is 54.5 Å². The zero-order chi connectivity index (χ0) is 58.0. The molecular weight excluding hydrogens is 1040 g/mol. The number of allylic oxidation sites excluding steroid dienone is 2. The molecule has 0 amide bonds. The minimum Gasteiger partial charge on any atom is -0.479 e. The van der Waals surface area contributed by atoms with Crippen molar-refractivity contribution in [3.05, 3.63) is 11.6 Å². The Hall–Kier alpha value is -1.96. The highest BCUT2D eigenvalue weighted by Crippen LogP contribution is 2.76. The van der Waals surface area contributed by atoms with Crippen LogP contribution in [0.1, 0.15) is 107 Å².